The van der Waals surface area contributed by atoms with E-state index in [4.69, 9.17) is 15.1 Å². The lowest BCUT2D eigenvalue weighted by Gasteiger charge is -2.21. The fraction of sp³-hybridized carbons (Fsp3) is 0.0577. The van der Waals surface area contributed by atoms with E-state index in [-0.39, 0.29) is 5.41 Å². The van der Waals surface area contributed by atoms with Crippen LogP contribution in [0.2, 0.25) is 0 Å². The molecule has 4 aromatic heterocycles. The molecule has 0 atom stereocenters. The quantitative estimate of drug-likeness (QED) is 0.180. The van der Waals surface area contributed by atoms with Crippen molar-refractivity contribution < 1.29 is 0 Å². The topological polar surface area (TPSA) is 48.0 Å². The maximum atomic E-state index is 5.33. The number of hydrogen-bond acceptors (Lipinski definition) is 4. The van der Waals surface area contributed by atoms with Crippen LogP contribution < -0.4 is 0 Å². The molecule has 13 rings (SSSR count). The number of hydrogen-bond donors (Lipinski definition) is 0. The third-order valence-corrected chi connectivity index (χ3v) is 13.7. The van der Waals surface area contributed by atoms with Gasteiger partial charge in [0.15, 0.2) is 11.5 Å². The second-order valence-corrected chi connectivity index (χ2v) is 17.1. The van der Waals surface area contributed by atoms with Crippen LogP contribution in [0.4, 0.5) is 0 Å². The Kier molecular flexibility index (Phi) is 6.32. The van der Waals surface area contributed by atoms with Gasteiger partial charge < -0.3 is 4.57 Å². The second kappa shape index (κ2) is 11.5. The van der Waals surface area contributed by atoms with E-state index < -0.39 is 0 Å². The summed E-state index contributed by atoms with van der Waals surface area (Å²) in [5, 5.41) is 13.0. The van der Waals surface area contributed by atoms with Crippen LogP contribution in [-0.2, 0) is 5.41 Å². The average Bonchev–Trinajstić information content (AvgIpc) is 4.03. The molecule has 4 heterocycles. The molecule has 0 saturated carbocycles. The van der Waals surface area contributed by atoms with Gasteiger partial charge in [0.1, 0.15) is 5.69 Å². The van der Waals surface area contributed by atoms with Crippen LogP contribution in [0.5, 0.6) is 0 Å². The summed E-state index contributed by atoms with van der Waals surface area (Å²) in [5.74, 6) is 0.661. The van der Waals surface area contributed by atoms with Crippen LogP contribution in [0.15, 0.2) is 164 Å². The van der Waals surface area contributed by atoms with Crippen molar-refractivity contribution in [3.63, 3.8) is 0 Å². The van der Waals surface area contributed by atoms with E-state index in [1.54, 1.807) is 0 Å². The number of para-hydroxylation sites is 3. The maximum Gasteiger partial charge on any atom is 0.182 e. The summed E-state index contributed by atoms with van der Waals surface area (Å²) in [6.07, 6.45) is 0. The van der Waals surface area contributed by atoms with Gasteiger partial charge in [0.05, 0.1) is 26.8 Å². The number of rotatable bonds is 3. The van der Waals surface area contributed by atoms with Crippen LogP contribution >= 0.6 is 11.3 Å². The molecule has 0 N–H and O–H groups in total. The lowest BCUT2D eigenvalue weighted by Crippen LogP contribution is -2.15. The van der Waals surface area contributed by atoms with Crippen molar-refractivity contribution in [2.75, 3.05) is 0 Å². The molecule has 0 unspecified atom stereocenters. The van der Waals surface area contributed by atoms with Crippen LogP contribution in [-0.4, -0.2) is 24.1 Å². The van der Waals surface area contributed by atoms with Crippen molar-refractivity contribution in [3.8, 4) is 39.5 Å². The Labute approximate surface area is 337 Å². The van der Waals surface area contributed by atoms with Gasteiger partial charge in [0.2, 0.25) is 0 Å². The highest BCUT2D eigenvalue weighted by atomic mass is 32.1. The Morgan fingerprint density at radius 2 is 1.24 bits per heavy atom. The fourth-order valence-corrected chi connectivity index (χ4v) is 11.1. The largest absolute Gasteiger partial charge is 0.308 e. The first-order valence-corrected chi connectivity index (χ1v) is 20.6. The van der Waals surface area contributed by atoms with Gasteiger partial charge in [-0.05, 0) is 75.5 Å². The fourth-order valence-electron chi connectivity index (χ4n) is 9.89. The van der Waals surface area contributed by atoms with Gasteiger partial charge in [-0.1, -0.05) is 135 Å². The van der Waals surface area contributed by atoms with E-state index in [1.807, 2.05) is 28.0 Å². The van der Waals surface area contributed by atoms with E-state index in [2.05, 4.69) is 170 Å². The first-order chi connectivity index (χ1) is 28.5. The zero-order valence-corrected chi connectivity index (χ0v) is 32.5. The molecule has 0 aliphatic heterocycles. The molecule has 0 bridgehead atoms. The van der Waals surface area contributed by atoms with Crippen molar-refractivity contribution in [3.05, 3.63) is 175 Å². The number of aromatic nitrogens is 5. The van der Waals surface area contributed by atoms with Crippen LogP contribution in [0, 0.1) is 0 Å². The Morgan fingerprint density at radius 3 is 2.12 bits per heavy atom. The zero-order chi connectivity index (χ0) is 38.3. The average molecular weight is 760 g/mol. The molecule has 0 spiro atoms. The highest BCUT2D eigenvalue weighted by Crippen LogP contribution is 2.50. The van der Waals surface area contributed by atoms with E-state index in [9.17, 15) is 0 Å². The van der Waals surface area contributed by atoms with Gasteiger partial charge in [-0.3, -0.25) is 0 Å². The van der Waals surface area contributed by atoms with Crippen molar-refractivity contribution in [2.45, 2.75) is 19.3 Å². The Morgan fingerprint density at radius 1 is 0.534 bits per heavy atom. The molecule has 1 aliphatic rings. The van der Waals surface area contributed by atoms with Crippen molar-refractivity contribution in [1.29, 1.82) is 0 Å². The Balaban J connectivity index is 1.05. The number of benzene rings is 8. The molecular formula is C52H33N5S. The minimum absolute atomic E-state index is 0.130. The minimum atomic E-state index is -0.130. The smallest absolute Gasteiger partial charge is 0.182 e. The summed E-state index contributed by atoms with van der Waals surface area (Å²) in [7, 11) is 0. The highest BCUT2D eigenvalue weighted by molar-refractivity contribution is 7.27. The van der Waals surface area contributed by atoms with Crippen molar-refractivity contribution >= 4 is 80.8 Å². The second-order valence-electron chi connectivity index (χ2n) is 16.0. The van der Waals surface area contributed by atoms with Gasteiger partial charge in [0.25, 0.3) is 0 Å². The zero-order valence-electron chi connectivity index (χ0n) is 31.7. The molecule has 58 heavy (non-hydrogen) atoms. The van der Waals surface area contributed by atoms with E-state index in [0.29, 0.717) is 5.82 Å². The number of thiophene rings is 1. The third-order valence-electron chi connectivity index (χ3n) is 12.5. The van der Waals surface area contributed by atoms with E-state index in [1.165, 1.54) is 75.0 Å². The monoisotopic (exact) mass is 759 g/mol. The molecule has 0 radical (unpaired) electrons. The van der Waals surface area contributed by atoms with E-state index >= 15 is 0 Å². The molecule has 0 amide bonds. The highest BCUT2D eigenvalue weighted by Gasteiger charge is 2.35. The molecular weight excluding hydrogens is 727 g/mol. The van der Waals surface area contributed by atoms with Crippen molar-refractivity contribution in [1.82, 2.24) is 24.1 Å². The van der Waals surface area contributed by atoms with Crippen LogP contribution in [0.1, 0.15) is 25.0 Å². The standard InChI is InChI=1S/C52H33N5S/c1-52(2)39-21-8-5-16-33(39)34-27-26-30(29-40(34)52)47-51-54-50(55-57(51)43-24-11-9-22-41(43)53-47)31-14-13-15-32(28-31)56-42-23-10-6-19-37(42)45-35-17-3-4-18-36(35)46-38-20-7-12-25-44(38)58-49(46)48(45)56/h3-29H,1-2H3. The summed E-state index contributed by atoms with van der Waals surface area (Å²) in [6, 6.07) is 59.0. The SMILES string of the molecule is CC1(C)c2ccccc2-c2ccc(-c3nc4ccccc4n4nc(-c5cccc(-n6c7ccccc7c7c8ccccc8c8c9ccccc9sc8c76)c5)nc34)cc21. The van der Waals surface area contributed by atoms with Crippen molar-refractivity contribution in [2.24, 2.45) is 0 Å². The summed E-state index contributed by atoms with van der Waals surface area (Å²) < 4.78 is 7.04. The van der Waals surface area contributed by atoms with Gasteiger partial charge in [0, 0.05) is 48.5 Å². The molecule has 0 fully saturated rings. The van der Waals surface area contributed by atoms with Gasteiger partial charge >= 0.3 is 0 Å². The molecule has 8 aromatic carbocycles. The summed E-state index contributed by atoms with van der Waals surface area (Å²) in [5.41, 5.74) is 13.9. The summed E-state index contributed by atoms with van der Waals surface area (Å²) >= 11 is 1.88. The summed E-state index contributed by atoms with van der Waals surface area (Å²) in [4.78, 5) is 10.6. The molecule has 0 saturated heterocycles. The molecule has 6 heteroatoms. The normalized spacial score (nSPS) is 13.5. The Bertz CT molecular complexity index is 3730. The molecule has 1 aliphatic carbocycles. The predicted molar refractivity (Wildman–Crippen MR) is 241 cm³/mol. The maximum absolute atomic E-state index is 5.33. The third kappa shape index (κ3) is 4.22. The lowest BCUT2D eigenvalue weighted by molar-refractivity contribution is 0.660. The first kappa shape index (κ1) is 32.0. The summed E-state index contributed by atoms with van der Waals surface area (Å²) in [6.45, 7) is 4.64. The Hall–Kier alpha value is -7.15. The molecule has 12 aromatic rings. The number of nitrogens with zero attached hydrogens (tertiary/aromatic N) is 5. The first-order valence-electron chi connectivity index (χ1n) is 19.8. The molecule has 272 valence electrons. The number of fused-ring (bicyclic) bond motifs is 16. The minimum Gasteiger partial charge on any atom is -0.308 e. The van der Waals surface area contributed by atoms with Crippen LogP contribution in [0.25, 0.3) is 109 Å². The van der Waals surface area contributed by atoms with E-state index in [0.717, 1.165) is 39.2 Å². The predicted octanol–water partition coefficient (Wildman–Crippen LogP) is 13.5. The van der Waals surface area contributed by atoms with Gasteiger partial charge in [-0.2, -0.15) is 0 Å². The van der Waals surface area contributed by atoms with Crippen LogP contribution in [0.3, 0.4) is 0 Å². The van der Waals surface area contributed by atoms with Gasteiger partial charge in [-0.25, -0.2) is 14.5 Å². The van der Waals surface area contributed by atoms with Gasteiger partial charge in [-0.15, -0.1) is 16.4 Å². The lowest BCUT2D eigenvalue weighted by atomic mass is 9.82. The molecule has 5 nitrogen and oxygen atoms in total.